The van der Waals surface area contributed by atoms with Gasteiger partial charge < -0.3 is 10.6 Å². The fraction of sp³-hybridized carbons (Fsp3) is 0.240. The van der Waals surface area contributed by atoms with Crippen LogP contribution in [0, 0.1) is 13.8 Å². The van der Waals surface area contributed by atoms with Gasteiger partial charge in [0.2, 0.25) is 0 Å². The Hall–Kier alpha value is -2.94. The molecule has 2 N–H and O–H groups in total. The third-order valence-corrected chi connectivity index (χ3v) is 5.16. The number of aromatic nitrogens is 3. The fourth-order valence-corrected chi connectivity index (χ4v) is 3.72. The van der Waals surface area contributed by atoms with Gasteiger partial charge in [-0.05, 0) is 49.9 Å². The Labute approximate surface area is 206 Å². The first-order valence-electron chi connectivity index (χ1n) is 10.6. The molecule has 166 valence electrons. The number of fused-ring (bicyclic) bond motifs is 1. The van der Waals surface area contributed by atoms with Gasteiger partial charge in [-0.2, -0.15) is 5.10 Å². The smallest absolute Gasteiger partial charge is 0.191 e. The zero-order valence-corrected chi connectivity index (χ0v) is 21.0. The molecule has 4 aromatic rings. The molecule has 0 atom stereocenters. The quantitative estimate of drug-likeness (QED) is 0.207. The lowest BCUT2D eigenvalue weighted by molar-refractivity contribution is 0.794. The average Bonchev–Trinajstić information content (AvgIpc) is 3.13. The lowest BCUT2D eigenvalue weighted by Gasteiger charge is -2.14. The first-order chi connectivity index (χ1) is 15.2. The summed E-state index contributed by atoms with van der Waals surface area (Å²) >= 11 is 0. The van der Waals surface area contributed by atoms with E-state index >= 15 is 0 Å². The summed E-state index contributed by atoms with van der Waals surface area (Å²) in [4.78, 5) is 9.39. The molecule has 0 radical (unpaired) electrons. The van der Waals surface area contributed by atoms with Crippen LogP contribution in [-0.2, 0) is 13.1 Å². The van der Waals surface area contributed by atoms with Crippen LogP contribution in [0.1, 0.15) is 29.6 Å². The SMILES string of the molecule is CCNC(=NCc1ccccc1-n1nc(C)cc1C)NCc1nccc2ccccc12.I. The van der Waals surface area contributed by atoms with Crippen molar-refractivity contribution in [2.24, 2.45) is 4.99 Å². The molecule has 0 saturated carbocycles. The molecular formula is C25H29IN6. The van der Waals surface area contributed by atoms with E-state index in [-0.39, 0.29) is 24.0 Å². The molecule has 7 heteroatoms. The molecule has 0 amide bonds. The summed E-state index contributed by atoms with van der Waals surface area (Å²) in [6.45, 7) is 8.09. The van der Waals surface area contributed by atoms with Gasteiger partial charge in [0.25, 0.3) is 0 Å². The molecule has 2 aromatic carbocycles. The average molecular weight is 540 g/mol. The van der Waals surface area contributed by atoms with Gasteiger partial charge in [-0.3, -0.25) is 4.98 Å². The normalized spacial score (nSPS) is 11.3. The van der Waals surface area contributed by atoms with Crippen molar-refractivity contribution in [1.29, 1.82) is 0 Å². The van der Waals surface area contributed by atoms with Crippen molar-refractivity contribution >= 4 is 40.7 Å². The van der Waals surface area contributed by atoms with Crippen LogP contribution in [0.15, 0.2) is 71.9 Å². The summed E-state index contributed by atoms with van der Waals surface area (Å²) in [7, 11) is 0. The number of benzene rings is 2. The minimum atomic E-state index is 0. The first-order valence-corrected chi connectivity index (χ1v) is 10.6. The molecule has 2 heterocycles. The number of aliphatic imine (C=N–C) groups is 1. The van der Waals surface area contributed by atoms with Crippen LogP contribution in [0.3, 0.4) is 0 Å². The Morgan fingerprint density at radius 1 is 1.00 bits per heavy atom. The van der Waals surface area contributed by atoms with Gasteiger partial charge >= 0.3 is 0 Å². The summed E-state index contributed by atoms with van der Waals surface area (Å²) in [5.74, 6) is 0.764. The van der Waals surface area contributed by atoms with E-state index in [2.05, 4.69) is 64.9 Å². The topological polar surface area (TPSA) is 67.1 Å². The van der Waals surface area contributed by atoms with Crippen LogP contribution in [0.4, 0.5) is 0 Å². The third kappa shape index (κ3) is 5.45. The highest BCUT2D eigenvalue weighted by Gasteiger charge is 2.09. The summed E-state index contributed by atoms with van der Waals surface area (Å²) in [6.07, 6.45) is 1.86. The highest BCUT2D eigenvalue weighted by atomic mass is 127. The minimum absolute atomic E-state index is 0. The van der Waals surface area contributed by atoms with Crippen LogP contribution >= 0.6 is 24.0 Å². The van der Waals surface area contributed by atoms with Crippen LogP contribution in [0.25, 0.3) is 16.5 Å². The van der Waals surface area contributed by atoms with Gasteiger partial charge in [-0.15, -0.1) is 24.0 Å². The third-order valence-electron chi connectivity index (χ3n) is 5.16. The lowest BCUT2D eigenvalue weighted by Crippen LogP contribution is -2.37. The second-order valence-electron chi connectivity index (χ2n) is 7.50. The largest absolute Gasteiger partial charge is 0.357 e. The van der Waals surface area contributed by atoms with Crippen molar-refractivity contribution in [2.45, 2.75) is 33.9 Å². The van der Waals surface area contributed by atoms with E-state index in [9.17, 15) is 0 Å². The molecule has 0 spiro atoms. The molecule has 4 rings (SSSR count). The number of aryl methyl sites for hydroxylation is 2. The van der Waals surface area contributed by atoms with E-state index in [0.717, 1.165) is 46.2 Å². The molecule has 2 aromatic heterocycles. The molecule has 6 nitrogen and oxygen atoms in total. The summed E-state index contributed by atoms with van der Waals surface area (Å²) in [5.41, 5.74) is 5.30. The van der Waals surface area contributed by atoms with Crippen LogP contribution < -0.4 is 10.6 Å². The maximum Gasteiger partial charge on any atom is 0.191 e. The number of hydrogen-bond acceptors (Lipinski definition) is 3. The number of nitrogens with one attached hydrogen (secondary N) is 2. The van der Waals surface area contributed by atoms with Gasteiger partial charge in [-0.1, -0.05) is 42.5 Å². The highest BCUT2D eigenvalue weighted by Crippen LogP contribution is 2.18. The molecule has 0 saturated heterocycles. The Kier molecular flexibility index (Phi) is 8.21. The molecule has 0 aliphatic carbocycles. The molecule has 0 unspecified atom stereocenters. The van der Waals surface area contributed by atoms with E-state index in [0.29, 0.717) is 13.1 Å². The van der Waals surface area contributed by atoms with E-state index in [1.807, 2.05) is 48.1 Å². The molecule has 0 aliphatic rings. The second kappa shape index (κ2) is 11.1. The number of rotatable bonds is 6. The number of hydrogen-bond donors (Lipinski definition) is 2. The number of para-hydroxylation sites is 1. The number of nitrogens with zero attached hydrogens (tertiary/aromatic N) is 4. The molecular weight excluding hydrogens is 511 g/mol. The molecule has 0 bridgehead atoms. The maximum absolute atomic E-state index is 4.83. The number of halogens is 1. The first kappa shape index (κ1) is 23.7. The monoisotopic (exact) mass is 540 g/mol. The second-order valence-corrected chi connectivity index (χ2v) is 7.50. The number of pyridine rings is 1. The van der Waals surface area contributed by atoms with Gasteiger partial charge in [0.1, 0.15) is 0 Å². The van der Waals surface area contributed by atoms with Gasteiger partial charge in [-0.25, -0.2) is 9.67 Å². The standard InChI is InChI=1S/C25H28N6.HI/c1-4-26-25(29-17-23-22-11-7-5-9-20(22)13-14-27-23)28-16-21-10-6-8-12-24(21)31-19(3)15-18(2)30-31;/h5-15H,4,16-17H2,1-3H3,(H2,26,28,29);1H. The summed E-state index contributed by atoms with van der Waals surface area (Å²) in [5, 5.41) is 13.7. The molecule has 0 fully saturated rings. The predicted octanol–water partition coefficient (Wildman–Crippen LogP) is 4.91. The van der Waals surface area contributed by atoms with E-state index in [1.165, 1.54) is 5.39 Å². The van der Waals surface area contributed by atoms with Crippen molar-refractivity contribution in [3.63, 3.8) is 0 Å². The Morgan fingerprint density at radius 3 is 2.56 bits per heavy atom. The van der Waals surface area contributed by atoms with Gasteiger partial charge in [0.05, 0.1) is 30.2 Å². The van der Waals surface area contributed by atoms with Gasteiger partial charge in [0, 0.05) is 23.8 Å². The fourth-order valence-electron chi connectivity index (χ4n) is 3.72. The zero-order valence-electron chi connectivity index (χ0n) is 18.7. The van der Waals surface area contributed by atoms with Crippen molar-refractivity contribution in [1.82, 2.24) is 25.4 Å². The molecule has 32 heavy (non-hydrogen) atoms. The maximum atomic E-state index is 4.83. The number of guanidine groups is 1. The van der Waals surface area contributed by atoms with Gasteiger partial charge in [0.15, 0.2) is 5.96 Å². The summed E-state index contributed by atoms with van der Waals surface area (Å²) in [6, 6.07) is 20.7. The Balaban J connectivity index is 0.00000289. The van der Waals surface area contributed by atoms with Crippen molar-refractivity contribution in [3.05, 3.63) is 89.5 Å². The Bertz CT molecular complexity index is 1210. The van der Waals surface area contributed by atoms with Crippen LogP contribution in [-0.4, -0.2) is 27.3 Å². The minimum Gasteiger partial charge on any atom is -0.357 e. The van der Waals surface area contributed by atoms with Crippen molar-refractivity contribution < 1.29 is 0 Å². The van der Waals surface area contributed by atoms with E-state index < -0.39 is 0 Å². The van der Waals surface area contributed by atoms with E-state index in [4.69, 9.17) is 4.99 Å². The molecule has 0 aliphatic heterocycles. The van der Waals surface area contributed by atoms with E-state index in [1.54, 1.807) is 0 Å². The van der Waals surface area contributed by atoms with Crippen molar-refractivity contribution in [3.8, 4) is 5.69 Å². The summed E-state index contributed by atoms with van der Waals surface area (Å²) < 4.78 is 1.99. The predicted molar refractivity (Wildman–Crippen MR) is 142 cm³/mol. The lowest BCUT2D eigenvalue weighted by atomic mass is 10.1. The highest BCUT2D eigenvalue weighted by molar-refractivity contribution is 14.0. The van der Waals surface area contributed by atoms with Crippen LogP contribution in [0.5, 0.6) is 0 Å². The Morgan fingerprint density at radius 2 is 1.78 bits per heavy atom. The van der Waals surface area contributed by atoms with Crippen molar-refractivity contribution in [2.75, 3.05) is 6.54 Å². The van der Waals surface area contributed by atoms with Crippen LogP contribution in [0.2, 0.25) is 0 Å². The zero-order chi connectivity index (χ0) is 21.6.